The Hall–Kier alpha value is -2.06. The summed E-state index contributed by atoms with van der Waals surface area (Å²) in [4.78, 5) is 2.10. The first-order chi connectivity index (χ1) is 14.1. The average molecular weight is 430 g/mol. The zero-order valence-corrected chi connectivity index (χ0v) is 21.7. The number of nitrogens with zero attached hydrogens (tertiary/aromatic N) is 2. The van der Waals surface area contributed by atoms with Gasteiger partial charge in [-0.3, -0.25) is 0 Å². The maximum atomic E-state index is 6.02. The Morgan fingerprint density at radius 1 is 0.900 bits per heavy atom. The molecule has 30 heavy (non-hydrogen) atoms. The number of allylic oxidation sites excluding steroid dienone is 2. The number of halogens is 1. The second-order valence-corrected chi connectivity index (χ2v) is 8.26. The van der Waals surface area contributed by atoms with Gasteiger partial charge in [0.1, 0.15) is 7.05 Å². The summed E-state index contributed by atoms with van der Waals surface area (Å²) in [5, 5.41) is 0.819. The van der Waals surface area contributed by atoms with Crippen LogP contribution in [0.3, 0.4) is 0 Å². The molecule has 0 fully saturated rings. The zero-order chi connectivity index (χ0) is 23.5. The van der Waals surface area contributed by atoms with Crippen LogP contribution in [0.25, 0.3) is 0 Å². The van der Waals surface area contributed by atoms with Crippen molar-refractivity contribution in [3.63, 3.8) is 0 Å². The third-order valence-corrected chi connectivity index (χ3v) is 5.52. The van der Waals surface area contributed by atoms with Gasteiger partial charge in [-0.1, -0.05) is 55.3 Å². The molecule has 0 bridgehead atoms. The van der Waals surface area contributed by atoms with Gasteiger partial charge in [-0.15, -0.1) is 0 Å². The molecule has 1 heterocycles. The van der Waals surface area contributed by atoms with Gasteiger partial charge in [0.2, 0.25) is 5.69 Å². The van der Waals surface area contributed by atoms with Crippen molar-refractivity contribution in [3.05, 3.63) is 70.8 Å². The molecule has 0 unspecified atom stereocenters. The van der Waals surface area contributed by atoms with E-state index in [1.165, 1.54) is 28.2 Å². The molecule has 3 heteroatoms. The van der Waals surface area contributed by atoms with E-state index in [9.17, 15) is 0 Å². The first-order valence-corrected chi connectivity index (χ1v) is 11.1. The standard InChI is InChI=1S/C12H15ClN.C9H13N.C4H8.C2H6/c1-8-12(2,3)10-7-9(13)5-6-11(10)14(8)4;1-8-4-6-9(7-5-8)10(2)3;1-3-4-2;1-2/h5-7H,1-4H3;4-7H,1-3H3;3-4H,1-2H3;1-2H3/q+1;;;/b;;4-3-;. The van der Waals surface area contributed by atoms with E-state index in [1.54, 1.807) is 0 Å². The highest BCUT2D eigenvalue weighted by Gasteiger charge is 2.41. The van der Waals surface area contributed by atoms with Crippen LogP contribution in [0.5, 0.6) is 0 Å². The van der Waals surface area contributed by atoms with Gasteiger partial charge in [0.15, 0.2) is 5.71 Å². The zero-order valence-electron chi connectivity index (χ0n) is 21.0. The fourth-order valence-electron chi connectivity index (χ4n) is 2.94. The number of aryl methyl sites for hydroxylation is 1. The van der Waals surface area contributed by atoms with E-state index >= 15 is 0 Å². The third-order valence-electron chi connectivity index (χ3n) is 5.28. The molecule has 0 aliphatic carbocycles. The summed E-state index contributed by atoms with van der Waals surface area (Å²) in [6, 6.07) is 14.6. The predicted octanol–water partition coefficient (Wildman–Crippen LogP) is 8.04. The quantitative estimate of drug-likeness (QED) is 0.328. The number of hydrogen-bond acceptors (Lipinski definition) is 1. The van der Waals surface area contributed by atoms with Crippen LogP contribution >= 0.6 is 11.6 Å². The van der Waals surface area contributed by atoms with Crippen molar-refractivity contribution in [2.45, 2.75) is 60.8 Å². The summed E-state index contributed by atoms with van der Waals surface area (Å²) < 4.78 is 2.24. The molecule has 166 valence electrons. The van der Waals surface area contributed by atoms with Crippen molar-refractivity contribution in [1.29, 1.82) is 0 Å². The molecule has 0 aromatic heterocycles. The summed E-state index contributed by atoms with van der Waals surface area (Å²) in [7, 11) is 6.20. The smallest absolute Gasteiger partial charge is 0.209 e. The van der Waals surface area contributed by atoms with Crippen LogP contribution in [0.4, 0.5) is 11.4 Å². The topological polar surface area (TPSA) is 6.25 Å². The van der Waals surface area contributed by atoms with Crippen molar-refractivity contribution >= 4 is 28.7 Å². The lowest BCUT2D eigenvalue weighted by atomic mass is 9.82. The normalized spacial score (nSPS) is 13.3. The monoisotopic (exact) mass is 429 g/mol. The third kappa shape index (κ3) is 7.65. The van der Waals surface area contributed by atoms with Crippen LogP contribution in [-0.2, 0) is 5.41 Å². The van der Waals surface area contributed by atoms with Crippen LogP contribution in [-0.4, -0.2) is 31.4 Å². The largest absolute Gasteiger partial charge is 0.378 e. The Kier molecular flexibility index (Phi) is 12.4. The maximum absolute atomic E-state index is 6.02. The lowest BCUT2D eigenvalue weighted by Gasteiger charge is -2.14. The Balaban J connectivity index is 0.000000461. The highest BCUT2D eigenvalue weighted by molar-refractivity contribution is 6.30. The van der Waals surface area contributed by atoms with Gasteiger partial charge in [0, 0.05) is 43.4 Å². The van der Waals surface area contributed by atoms with E-state index in [0.717, 1.165) is 5.02 Å². The van der Waals surface area contributed by atoms with Crippen LogP contribution in [0.2, 0.25) is 5.02 Å². The van der Waals surface area contributed by atoms with E-state index in [-0.39, 0.29) is 5.41 Å². The number of anilines is 1. The van der Waals surface area contributed by atoms with Gasteiger partial charge in [0.25, 0.3) is 0 Å². The summed E-state index contributed by atoms with van der Waals surface area (Å²) in [5.41, 5.74) is 6.64. The summed E-state index contributed by atoms with van der Waals surface area (Å²) in [6.07, 6.45) is 4.00. The molecule has 2 nitrogen and oxygen atoms in total. The first kappa shape index (κ1) is 27.9. The molecule has 0 saturated heterocycles. The van der Waals surface area contributed by atoms with E-state index in [1.807, 2.05) is 60.0 Å². The molecule has 1 aliphatic rings. The Bertz CT molecular complexity index is 824. The molecule has 0 saturated carbocycles. The Morgan fingerprint density at radius 3 is 1.83 bits per heavy atom. The second kappa shape index (κ2) is 13.3. The van der Waals surface area contributed by atoms with Crippen molar-refractivity contribution in [2.24, 2.45) is 0 Å². The second-order valence-electron chi connectivity index (χ2n) is 7.83. The van der Waals surface area contributed by atoms with Crippen LogP contribution < -0.4 is 4.90 Å². The van der Waals surface area contributed by atoms with Crippen molar-refractivity contribution in [3.8, 4) is 0 Å². The van der Waals surface area contributed by atoms with Gasteiger partial charge < -0.3 is 4.90 Å². The average Bonchev–Trinajstić information content (AvgIpc) is 2.90. The van der Waals surface area contributed by atoms with Crippen LogP contribution in [0.1, 0.15) is 59.6 Å². The predicted molar refractivity (Wildman–Crippen MR) is 138 cm³/mol. The van der Waals surface area contributed by atoms with Crippen LogP contribution in [0, 0.1) is 6.92 Å². The molecule has 0 atom stereocenters. The molecular formula is C27H42ClN2+. The Morgan fingerprint density at radius 2 is 1.40 bits per heavy atom. The lowest BCUT2D eigenvalue weighted by molar-refractivity contribution is -0.403. The molecular weight excluding hydrogens is 388 g/mol. The van der Waals surface area contributed by atoms with Crippen LogP contribution in [0.15, 0.2) is 54.6 Å². The highest BCUT2D eigenvalue weighted by atomic mass is 35.5. The fourth-order valence-corrected chi connectivity index (χ4v) is 3.11. The molecule has 2 aromatic rings. The molecule has 2 aromatic carbocycles. The molecule has 1 aliphatic heterocycles. The van der Waals surface area contributed by atoms with E-state index in [4.69, 9.17) is 11.6 Å². The number of hydrogen-bond donors (Lipinski definition) is 0. The van der Waals surface area contributed by atoms with Gasteiger partial charge in [0.05, 0.1) is 5.41 Å². The molecule has 3 rings (SSSR count). The SMILES string of the molecule is C/C=C\C.CC.CC1=[N+](C)c2ccc(Cl)cc2C1(C)C.Cc1ccc(N(C)C)cc1. The number of rotatable bonds is 1. The molecule has 0 amide bonds. The Labute approximate surface area is 190 Å². The summed E-state index contributed by atoms with van der Waals surface area (Å²) in [5.74, 6) is 0. The number of fused-ring (bicyclic) bond motifs is 1. The van der Waals surface area contributed by atoms with Gasteiger partial charge in [-0.25, -0.2) is 4.58 Å². The van der Waals surface area contributed by atoms with Gasteiger partial charge in [-0.05, 0) is 58.9 Å². The van der Waals surface area contributed by atoms with Crippen molar-refractivity contribution in [2.75, 3.05) is 26.0 Å². The summed E-state index contributed by atoms with van der Waals surface area (Å²) in [6.45, 7) is 16.7. The minimum atomic E-state index is 0.106. The lowest BCUT2D eigenvalue weighted by Crippen LogP contribution is -2.25. The van der Waals surface area contributed by atoms with Crippen molar-refractivity contribution in [1.82, 2.24) is 0 Å². The first-order valence-electron chi connectivity index (χ1n) is 10.7. The van der Waals surface area contributed by atoms with E-state index in [0.29, 0.717) is 0 Å². The molecule has 0 radical (unpaired) electrons. The molecule has 0 spiro atoms. The number of benzene rings is 2. The summed E-state index contributed by atoms with van der Waals surface area (Å²) >= 11 is 6.02. The fraction of sp³-hybridized carbons (Fsp3) is 0.444. The van der Waals surface area contributed by atoms with Gasteiger partial charge in [-0.2, -0.15) is 0 Å². The minimum Gasteiger partial charge on any atom is -0.378 e. The highest BCUT2D eigenvalue weighted by Crippen LogP contribution is 2.39. The maximum Gasteiger partial charge on any atom is 0.209 e. The minimum absolute atomic E-state index is 0.106. The van der Waals surface area contributed by atoms with Gasteiger partial charge >= 0.3 is 0 Å². The molecule has 0 N–H and O–H groups in total. The van der Waals surface area contributed by atoms with E-state index in [2.05, 4.69) is 80.6 Å². The van der Waals surface area contributed by atoms with Crippen molar-refractivity contribution < 1.29 is 4.58 Å². The van der Waals surface area contributed by atoms with E-state index < -0.39 is 0 Å².